The number of anilines is 1. The van der Waals surface area contributed by atoms with Crippen LogP contribution in [0.25, 0.3) is 0 Å². The Morgan fingerprint density at radius 2 is 1.88 bits per heavy atom. The van der Waals surface area contributed by atoms with Crippen LogP contribution in [0.5, 0.6) is 0 Å². The lowest BCUT2D eigenvalue weighted by Gasteiger charge is -2.32. The van der Waals surface area contributed by atoms with Gasteiger partial charge >= 0.3 is 0 Å². The second-order valence-corrected chi connectivity index (χ2v) is 7.63. The first-order valence-electron chi connectivity index (χ1n) is 8.60. The fraction of sp³-hybridized carbons (Fsp3) is 0.389. The second kappa shape index (κ2) is 8.20. The molecule has 1 aliphatic heterocycles. The van der Waals surface area contributed by atoms with Gasteiger partial charge in [0.15, 0.2) is 23.5 Å². The van der Waals surface area contributed by atoms with Crippen LogP contribution in [-0.4, -0.2) is 38.1 Å². The van der Waals surface area contributed by atoms with E-state index in [4.69, 9.17) is 0 Å². The first kappa shape index (κ1) is 18.9. The van der Waals surface area contributed by atoms with E-state index in [9.17, 15) is 18.0 Å². The summed E-state index contributed by atoms with van der Waals surface area (Å²) in [5, 5.41) is 4.45. The summed E-state index contributed by atoms with van der Waals surface area (Å²) < 4.78 is 40.0. The molecule has 1 amide bonds. The molecule has 1 atom stereocenters. The molecule has 2 heterocycles. The summed E-state index contributed by atoms with van der Waals surface area (Å²) in [7, 11) is 0. The minimum atomic E-state index is -1.58. The van der Waals surface area contributed by atoms with Crippen LogP contribution in [-0.2, 0) is 11.3 Å². The Kier molecular flexibility index (Phi) is 5.95. The Labute approximate surface area is 154 Å². The van der Waals surface area contributed by atoms with Gasteiger partial charge in [-0.3, -0.25) is 4.79 Å². The van der Waals surface area contributed by atoms with Gasteiger partial charge in [0.1, 0.15) is 32.7 Å². The van der Waals surface area contributed by atoms with Crippen molar-refractivity contribution in [1.29, 1.82) is 0 Å². The zero-order chi connectivity index (χ0) is 18.7. The molecule has 0 bridgehead atoms. The standard InChI is InChI=1S/C18H20F3N3OS/c1-12(18(25)22-15-5-4-14(19)16(20)17(15)21)24-8-6-23(7-9-24)11-13-3-2-10-26-13/h2-5,10,12H,6-9,11H2,1H3,(H,22,25)/p+2/t12-/m0/s1. The Bertz CT molecular complexity index is 761. The molecule has 3 rings (SSSR count). The summed E-state index contributed by atoms with van der Waals surface area (Å²) in [5.41, 5.74) is -0.331. The predicted molar refractivity (Wildman–Crippen MR) is 93.8 cm³/mol. The average Bonchev–Trinajstić information content (AvgIpc) is 3.15. The van der Waals surface area contributed by atoms with E-state index in [1.165, 1.54) is 9.78 Å². The molecule has 1 saturated heterocycles. The zero-order valence-corrected chi connectivity index (χ0v) is 15.3. The third-order valence-corrected chi connectivity index (χ3v) is 5.78. The highest BCUT2D eigenvalue weighted by molar-refractivity contribution is 7.09. The molecule has 140 valence electrons. The second-order valence-electron chi connectivity index (χ2n) is 6.60. The van der Waals surface area contributed by atoms with Gasteiger partial charge in [0.2, 0.25) is 0 Å². The van der Waals surface area contributed by atoms with Crippen LogP contribution in [0.2, 0.25) is 0 Å². The summed E-state index contributed by atoms with van der Waals surface area (Å²) in [5.74, 6) is -4.62. The Hall–Kier alpha value is -1.90. The van der Waals surface area contributed by atoms with E-state index in [1.54, 1.807) is 18.3 Å². The van der Waals surface area contributed by atoms with Crippen LogP contribution >= 0.6 is 11.3 Å². The topological polar surface area (TPSA) is 38.0 Å². The summed E-state index contributed by atoms with van der Waals surface area (Å²) >= 11 is 1.75. The molecular formula is C18H22F3N3OS+2. The van der Waals surface area contributed by atoms with Crippen molar-refractivity contribution in [3.63, 3.8) is 0 Å². The van der Waals surface area contributed by atoms with Crippen molar-refractivity contribution in [2.75, 3.05) is 31.5 Å². The highest BCUT2D eigenvalue weighted by Crippen LogP contribution is 2.19. The van der Waals surface area contributed by atoms with Crippen molar-refractivity contribution in [3.05, 3.63) is 52.0 Å². The van der Waals surface area contributed by atoms with Gasteiger partial charge in [0.05, 0.1) is 10.6 Å². The van der Waals surface area contributed by atoms with Crippen molar-refractivity contribution in [2.24, 2.45) is 0 Å². The minimum Gasteiger partial charge on any atom is -0.321 e. The number of quaternary nitrogens is 2. The third kappa shape index (κ3) is 4.25. The van der Waals surface area contributed by atoms with Crippen molar-refractivity contribution >= 4 is 22.9 Å². The lowest BCUT2D eigenvalue weighted by atomic mass is 10.2. The lowest BCUT2D eigenvalue weighted by molar-refractivity contribution is -1.02. The number of carbonyl (C=O) groups is 1. The van der Waals surface area contributed by atoms with E-state index >= 15 is 0 Å². The van der Waals surface area contributed by atoms with Crippen LogP contribution in [0.15, 0.2) is 29.6 Å². The van der Waals surface area contributed by atoms with Crippen molar-refractivity contribution in [2.45, 2.75) is 19.5 Å². The quantitative estimate of drug-likeness (QED) is 0.644. The molecule has 1 fully saturated rings. The van der Waals surface area contributed by atoms with E-state index in [0.29, 0.717) is 0 Å². The predicted octanol–water partition coefficient (Wildman–Crippen LogP) is 0.476. The first-order chi connectivity index (χ1) is 12.5. The number of rotatable bonds is 5. The maximum Gasteiger partial charge on any atom is 0.282 e. The molecule has 2 aromatic rings. The summed E-state index contributed by atoms with van der Waals surface area (Å²) in [4.78, 5) is 16.3. The molecule has 0 spiro atoms. The zero-order valence-electron chi connectivity index (χ0n) is 14.5. The van der Waals surface area contributed by atoms with Gasteiger partial charge in [-0.15, -0.1) is 11.3 Å². The molecule has 0 radical (unpaired) electrons. The molecule has 1 aromatic heterocycles. The number of nitrogens with one attached hydrogen (secondary N) is 3. The average molecular weight is 385 g/mol. The van der Waals surface area contributed by atoms with Crippen LogP contribution in [0, 0.1) is 17.5 Å². The lowest BCUT2D eigenvalue weighted by Crippen LogP contribution is -3.29. The molecule has 8 heteroatoms. The highest BCUT2D eigenvalue weighted by atomic mass is 32.1. The number of piperazine rings is 1. The van der Waals surface area contributed by atoms with E-state index in [1.807, 2.05) is 6.07 Å². The number of carbonyl (C=O) groups excluding carboxylic acids is 1. The maximum atomic E-state index is 13.7. The number of thiophene rings is 1. The molecule has 4 nitrogen and oxygen atoms in total. The van der Waals surface area contributed by atoms with Crippen LogP contribution < -0.4 is 15.1 Å². The molecule has 1 aromatic carbocycles. The summed E-state index contributed by atoms with van der Waals surface area (Å²) in [6.07, 6.45) is 0. The minimum absolute atomic E-state index is 0.331. The van der Waals surface area contributed by atoms with E-state index in [0.717, 1.165) is 49.8 Å². The Morgan fingerprint density at radius 1 is 1.15 bits per heavy atom. The van der Waals surface area contributed by atoms with Gasteiger partial charge in [-0.25, -0.2) is 13.2 Å². The van der Waals surface area contributed by atoms with Crippen LogP contribution in [0.1, 0.15) is 11.8 Å². The fourth-order valence-electron chi connectivity index (χ4n) is 3.24. The van der Waals surface area contributed by atoms with Gasteiger partial charge in [0.25, 0.3) is 5.91 Å². The van der Waals surface area contributed by atoms with E-state index in [-0.39, 0.29) is 5.69 Å². The number of halogens is 3. The van der Waals surface area contributed by atoms with Crippen LogP contribution in [0.4, 0.5) is 18.9 Å². The number of benzene rings is 1. The largest absolute Gasteiger partial charge is 0.321 e. The fourth-order valence-corrected chi connectivity index (χ4v) is 4.02. The monoisotopic (exact) mass is 385 g/mol. The van der Waals surface area contributed by atoms with Crippen molar-refractivity contribution < 1.29 is 27.8 Å². The van der Waals surface area contributed by atoms with Gasteiger partial charge < -0.3 is 15.1 Å². The third-order valence-electron chi connectivity index (χ3n) is 4.90. The molecule has 0 unspecified atom stereocenters. The van der Waals surface area contributed by atoms with E-state index < -0.39 is 29.4 Å². The van der Waals surface area contributed by atoms with Gasteiger partial charge in [0, 0.05) is 0 Å². The molecule has 26 heavy (non-hydrogen) atoms. The molecule has 3 N–H and O–H groups in total. The van der Waals surface area contributed by atoms with Gasteiger partial charge in [-0.1, -0.05) is 6.07 Å². The van der Waals surface area contributed by atoms with Gasteiger partial charge in [-0.2, -0.15) is 0 Å². The molecule has 1 aliphatic rings. The SMILES string of the molecule is C[C@@H](C(=O)Nc1ccc(F)c(F)c1F)[NH+]1CC[NH+](Cc2cccs2)CC1. The maximum absolute atomic E-state index is 13.7. The number of amides is 1. The number of hydrogen-bond donors (Lipinski definition) is 3. The summed E-state index contributed by atoms with van der Waals surface area (Å²) in [6.45, 7) is 6.32. The highest BCUT2D eigenvalue weighted by Gasteiger charge is 2.31. The van der Waals surface area contributed by atoms with Gasteiger partial charge in [-0.05, 0) is 30.5 Å². The summed E-state index contributed by atoms with van der Waals surface area (Å²) in [6, 6.07) is 5.62. The molecule has 0 saturated carbocycles. The Morgan fingerprint density at radius 3 is 2.54 bits per heavy atom. The first-order valence-corrected chi connectivity index (χ1v) is 9.48. The van der Waals surface area contributed by atoms with Crippen molar-refractivity contribution in [3.8, 4) is 0 Å². The smallest absolute Gasteiger partial charge is 0.282 e. The van der Waals surface area contributed by atoms with Crippen molar-refractivity contribution in [1.82, 2.24) is 0 Å². The van der Waals surface area contributed by atoms with Crippen LogP contribution in [0.3, 0.4) is 0 Å². The molecule has 0 aliphatic carbocycles. The van der Waals surface area contributed by atoms with E-state index in [2.05, 4.69) is 16.8 Å². The normalized spacial score (nSPS) is 21.4. The number of hydrogen-bond acceptors (Lipinski definition) is 2. The molecular weight excluding hydrogens is 363 g/mol. The Balaban J connectivity index is 1.54.